The van der Waals surface area contributed by atoms with Gasteiger partial charge in [-0.1, -0.05) is 6.07 Å². The molecule has 0 bridgehead atoms. The molecule has 0 fully saturated rings. The lowest BCUT2D eigenvalue weighted by atomic mass is 10.1. The van der Waals surface area contributed by atoms with Crippen LogP contribution in [-0.4, -0.2) is 17.1 Å². The third-order valence-electron chi connectivity index (χ3n) is 2.26. The third kappa shape index (κ3) is 5.17. The Bertz CT molecular complexity index is 459. The molecule has 0 saturated heterocycles. The SMILES string of the molecule is CC(C)(C)NCc1ccc([N+](=O)[O-])c(OC(F)F)c1. The van der Waals surface area contributed by atoms with Crippen LogP contribution >= 0.6 is 0 Å². The predicted octanol–water partition coefficient (Wildman–Crippen LogP) is 3.08. The van der Waals surface area contributed by atoms with Crippen LogP contribution in [0.4, 0.5) is 14.5 Å². The lowest BCUT2D eigenvalue weighted by Crippen LogP contribution is -2.35. The van der Waals surface area contributed by atoms with Crippen LogP contribution in [0.2, 0.25) is 0 Å². The Morgan fingerprint density at radius 2 is 2.05 bits per heavy atom. The Balaban J connectivity index is 2.94. The van der Waals surface area contributed by atoms with E-state index >= 15 is 0 Å². The van der Waals surface area contributed by atoms with E-state index < -0.39 is 23.0 Å². The molecule has 1 N–H and O–H groups in total. The van der Waals surface area contributed by atoms with Crippen LogP contribution in [-0.2, 0) is 6.54 Å². The number of halogens is 2. The molecule has 0 amide bonds. The second-order valence-electron chi connectivity index (χ2n) is 5.04. The van der Waals surface area contributed by atoms with Gasteiger partial charge in [-0.05, 0) is 32.4 Å². The molecular weight excluding hydrogens is 258 g/mol. The summed E-state index contributed by atoms with van der Waals surface area (Å²) >= 11 is 0. The molecule has 19 heavy (non-hydrogen) atoms. The third-order valence-corrected chi connectivity index (χ3v) is 2.26. The standard InChI is InChI=1S/C12H16F2N2O3/c1-12(2,3)15-7-8-4-5-9(16(17)18)10(6-8)19-11(13)14/h4-6,11,15H,7H2,1-3H3. The Kier molecular flexibility index (Phi) is 4.77. The lowest BCUT2D eigenvalue weighted by Gasteiger charge is -2.20. The zero-order valence-corrected chi connectivity index (χ0v) is 10.9. The second-order valence-corrected chi connectivity index (χ2v) is 5.04. The molecule has 7 heteroatoms. The highest BCUT2D eigenvalue weighted by molar-refractivity contribution is 5.48. The van der Waals surface area contributed by atoms with Gasteiger partial charge in [0.2, 0.25) is 5.75 Å². The number of nitrogens with one attached hydrogen (secondary N) is 1. The van der Waals surface area contributed by atoms with Crippen molar-refractivity contribution in [3.05, 3.63) is 33.9 Å². The van der Waals surface area contributed by atoms with E-state index in [1.165, 1.54) is 12.1 Å². The van der Waals surface area contributed by atoms with Crippen LogP contribution in [0.15, 0.2) is 18.2 Å². The number of nitrogens with zero attached hydrogens (tertiary/aromatic N) is 1. The minimum Gasteiger partial charge on any atom is -0.427 e. The van der Waals surface area contributed by atoms with Gasteiger partial charge >= 0.3 is 12.3 Å². The van der Waals surface area contributed by atoms with Crippen LogP contribution in [0.25, 0.3) is 0 Å². The number of hydrogen-bond donors (Lipinski definition) is 1. The van der Waals surface area contributed by atoms with Gasteiger partial charge in [0.1, 0.15) is 0 Å². The molecule has 0 atom stereocenters. The monoisotopic (exact) mass is 274 g/mol. The van der Waals surface area contributed by atoms with Crippen LogP contribution in [0.3, 0.4) is 0 Å². The summed E-state index contributed by atoms with van der Waals surface area (Å²) in [5.74, 6) is -0.423. The molecular formula is C12H16F2N2O3. The number of ether oxygens (including phenoxy) is 1. The van der Waals surface area contributed by atoms with Gasteiger partial charge in [-0.15, -0.1) is 0 Å². The summed E-state index contributed by atoms with van der Waals surface area (Å²) in [5.41, 5.74) is 0.0156. The van der Waals surface area contributed by atoms with Gasteiger partial charge in [-0.3, -0.25) is 10.1 Å². The van der Waals surface area contributed by atoms with E-state index in [0.29, 0.717) is 12.1 Å². The molecule has 5 nitrogen and oxygen atoms in total. The van der Waals surface area contributed by atoms with Crippen molar-refractivity contribution in [2.75, 3.05) is 0 Å². The maximum atomic E-state index is 12.2. The molecule has 0 saturated carbocycles. The first-order chi connectivity index (χ1) is 8.69. The Morgan fingerprint density at radius 1 is 1.42 bits per heavy atom. The number of nitro benzene ring substituents is 1. The molecule has 0 spiro atoms. The van der Waals surface area contributed by atoms with Crippen molar-refractivity contribution >= 4 is 5.69 Å². The Labute approximate surface area is 109 Å². The van der Waals surface area contributed by atoms with E-state index in [1.807, 2.05) is 20.8 Å². The van der Waals surface area contributed by atoms with Gasteiger partial charge in [0.25, 0.3) is 0 Å². The molecule has 0 aliphatic carbocycles. The highest BCUT2D eigenvalue weighted by atomic mass is 19.3. The van der Waals surface area contributed by atoms with Crippen LogP contribution < -0.4 is 10.1 Å². The predicted molar refractivity (Wildman–Crippen MR) is 66.3 cm³/mol. The summed E-state index contributed by atoms with van der Waals surface area (Å²) < 4.78 is 28.6. The molecule has 0 aliphatic heterocycles. The van der Waals surface area contributed by atoms with E-state index in [4.69, 9.17) is 0 Å². The zero-order valence-electron chi connectivity index (χ0n) is 10.9. The van der Waals surface area contributed by atoms with E-state index in [-0.39, 0.29) is 5.54 Å². The highest BCUT2D eigenvalue weighted by Gasteiger charge is 2.19. The zero-order chi connectivity index (χ0) is 14.6. The van der Waals surface area contributed by atoms with Gasteiger partial charge in [0, 0.05) is 18.2 Å². The molecule has 0 aliphatic rings. The average Bonchev–Trinajstić information content (AvgIpc) is 2.24. The van der Waals surface area contributed by atoms with E-state index in [9.17, 15) is 18.9 Å². The van der Waals surface area contributed by atoms with Crippen molar-refractivity contribution in [2.24, 2.45) is 0 Å². The van der Waals surface area contributed by atoms with Crippen LogP contribution in [0.5, 0.6) is 5.75 Å². The van der Waals surface area contributed by atoms with Crippen LogP contribution in [0.1, 0.15) is 26.3 Å². The summed E-state index contributed by atoms with van der Waals surface area (Å²) in [6, 6.07) is 3.93. The summed E-state index contributed by atoms with van der Waals surface area (Å²) in [5, 5.41) is 13.9. The maximum Gasteiger partial charge on any atom is 0.387 e. The van der Waals surface area contributed by atoms with Gasteiger partial charge in [0.15, 0.2) is 0 Å². The number of nitro groups is 1. The summed E-state index contributed by atoms with van der Waals surface area (Å²) in [6.07, 6.45) is 0. The first-order valence-corrected chi connectivity index (χ1v) is 5.66. The molecule has 106 valence electrons. The van der Waals surface area contributed by atoms with E-state index in [1.54, 1.807) is 0 Å². The van der Waals surface area contributed by atoms with Gasteiger partial charge in [-0.25, -0.2) is 0 Å². The van der Waals surface area contributed by atoms with Gasteiger partial charge in [-0.2, -0.15) is 8.78 Å². The van der Waals surface area contributed by atoms with Crippen molar-refractivity contribution in [3.8, 4) is 5.75 Å². The minimum atomic E-state index is -3.09. The van der Waals surface area contributed by atoms with Crippen molar-refractivity contribution in [3.63, 3.8) is 0 Å². The first-order valence-electron chi connectivity index (χ1n) is 5.66. The molecule has 1 aromatic rings. The van der Waals surface area contributed by atoms with Gasteiger partial charge in [0.05, 0.1) is 4.92 Å². The fourth-order valence-electron chi connectivity index (χ4n) is 1.38. The quantitative estimate of drug-likeness (QED) is 0.662. The summed E-state index contributed by atoms with van der Waals surface area (Å²) in [7, 11) is 0. The Hall–Kier alpha value is -1.76. The fourth-order valence-corrected chi connectivity index (χ4v) is 1.38. The van der Waals surface area contributed by atoms with Crippen molar-refractivity contribution in [1.29, 1.82) is 0 Å². The first kappa shape index (κ1) is 15.3. The smallest absolute Gasteiger partial charge is 0.387 e. The topological polar surface area (TPSA) is 64.4 Å². The van der Waals surface area contributed by atoms with Crippen LogP contribution in [0, 0.1) is 10.1 Å². The fraction of sp³-hybridized carbons (Fsp3) is 0.500. The number of alkyl halides is 2. The van der Waals surface area contributed by atoms with Crippen molar-refractivity contribution in [1.82, 2.24) is 5.32 Å². The molecule has 0 radical (unpaired) electrons. The summed E-state index contributed by atoms with van der Waals surface area (Å²) in [6.45, 7) is 3.17. The van der Waals surface area contributed by atoms with E-state index in [2.05, 4.69) is 10.1 Å². The maximum absolute atomic E-state index is 12.2. The minimum absolute atomic E-state index is 0.147. The number of benzene rings is 1. The number of rotatable bonds is 5. The Morgan fingerprint density at radius 3 is 2.53 bits per heavy atom. The molecule has 1 aromatic carbocycles. The molecule has 0 heterocycles. The molecule has 0 aromatic heterocycles. The van der Waals surface area contributed by atoms with Crippen molar-refractivity contribution in [2.45, 2.75) is 39.5 Å². The molecule has 0 unspecified atom stereocenters. The van der Waals surface area contributed by atoms with Crippen molar-refractivity contribution < 1.29 is 18.4 Å². The van der Waals surface area contributed by atoms with Gasteiger partial charge < -0.3 is 10.1 Å². The lowest BCUT2D eigenvalue weighted by molar-refractivity contribution is -0.386. The average molecular weight is 274 g/mol. The number of hydrogen-bond acceptors (Lipinski definition) is 4. The molecule has 1 rings (SSSR count). The summed E-state index contributed by atoms with van der Waals surface area (Å²) in [4.78, 5) is 9.95. The highest BCUT2D eigenvalue weighted by Crippen LogP contribution is 2.29. The largest absolute Gasteiger partial charge is 0.427 e. The normalized spacial score (nSPS) is 11.7. The van der Waals surface area contributed by atoms with E-state index in [0.717, 1.165) is 6.07 Å². The second kappa shape index (κ2) is 5.92.